The van der Waals surface area contributed by atoms with Gasteiger partial charge in [-0.3, -0.25) is 4.79 Å². The summed E-state index contributed by atoms with van der Waals surface area (Å²) in [4.78, 5) is 20.9. The van der Waals surface area contributed by atoms with Crippen LogP contribution in [0.5, 0.6) is 0 Å². The Balaban J connectivity index is 1.27. The van der Waals surface area contributed by atoms with Crippen LogP contribution in [0, 0.1) is 0 Å². The minimum Gasteiger partial charge on any atom is -0.461 e. The Morgan fingerprint density at radius 1 is 1.15 bits per heavy atom. The summed E-state index contributed by atoms with van der Waals surface area (Å²) in [5.41, 5.74) is 1.09. The fourth-order valence-electron chi connectivity index (χ4n) is 3.12. The Hall–Kier alpha value is -2.80. The van der Waals surface area contributed by atoms with E-state index >= 15 is 0 Å². The fraction of sp³-hybridized carbons (Fsp3) is 0.316. The molecule has 8 heteroatoms. The number of hydrogen-bond donors (Lipinski definition) is 0. The first-order valence-electron chi connectivity index (χ1n) is 8.84. The van der Waals surface area contributed by atoms with Crippen LogP contribution in [0.2, 0.25) is 5.02 Å². The number of carbonyl (C=O) groups excluding carboxylic acids is 1. The Morgan fingerprint density at radius 2 is 2.00 bits per heavy atom. The predicted octanol–water partition coefficient (Wildman–Crippen LogP) is 3.26. The minimum absolute atomic E-state index is 0.0958. The van der Waals surface area contributed by atoms with Gasteiger partial charge in [0.25, 0.3) is 0 Å². The van der Waals surface area contributed by atoms with Crippen molar-refractivity contribution in [2.45, 2.75) is 12.8 Å². The highest BCUT2D eigenvalue weighted by molar-refractivity contribution is 6.30. The molecule has 140 valence electrons. The Bertz CT molecular complexity index is 901. The van der Waals surface area contributed by atoms with Crippen molar-refractivity contribution >= 4 is 23.2 Å². The molecular formula is C19H19ClN4O3. The van der Waals surface area contributed by atoms with Gasteiger partial charge in [-0.15, -0.1) is 0 Å². The summed E-state index contributed by atoms with van der Waals surface area (Å²) in [7, 11) is 0. The van der Waals surface area contributed by atoms with Crippen molar-refractivity contribution < 1.29 is 13.7 Å². The van der Waals surface area contributed by atoms with E-state index in [4.69, 9.17) is 20.5 Å². The summed E-state index contributed by atoms with van der Waals surface area (Å²) < 4.78 is 10.4. The van der Waals surface area contributed by atoms with Crippen molar-refractivity contribution in [1.29, 1.82) is 0 Å². The highest BCUT2D eigenvalue weighted by Gasteiger charge is 2.22. The average molecular weight is 387 g/mol. The van der Waals surface area contributed by atoms with E-state index in [9.17, 15) is 4.79 Å². The number of carbonyl (C=O) groups is 1. The number of anilines is 1. The van der Waals surface area contributed by atoms with Crippen molar-refractivity contribution in [3.63, 3.8) is 0 Å². The van der Waals surface area contributed by atoms with Gasteiger partial charge >= 0.3 is 0 Å². The number of hydrogen-bond acceptors (Lipinski definition) is 6. The largest absolute Gasteiger partial charge is 0.461 e. The summed E-state index contributed by atoms with van der Waals surface area (Å²) in [6.45, 7) is 2.95. The summed E-state index contributed by atoms with van der Waals surface area (Å²) in [6.07, 6.45) is 2.32. The molecule has 0 radical (unpaired) electrons. The molecule has 4 rings (SSSR count). The van der Waals surface area contributed by atoms with Crippen LogP contribution in [0.15, 0.2) is 51.6 Å². The van der Waals surface area contributed by atoms with E-state index in [0.717, 1.165) is 23.8 Å². The molecule has 0 unspecified atom stereocenters. The van der Waals surface area contributed by atoms with Gasteiger partial charge in [0.15, 0.2) is 5.76 Å². The maximum Gasteiger partial charge on any atom is 0.238 e. The van der Waals surface area contributed by atoms with Gasteiger partial charge in [0.1, 0.15) is 0 Å². The van der Waals surface area contributed by atoms with Gasteiger partial charge < -0.3 is 18.7 Å². The lowest BCUT2D eigenvalue weighted by molar-refractivity contribution is -0.131. The third kappa shape index (κ3) is 4.14. The number of aryl methyl sites for hydroxylation is 1. The van der Waals surface area contributed by atoms with Gasteiger partial charge in [0.2, 0.25) is 17.6 Å². The van der Waals surface area contributed by atoms with Crippen LogP contribution in [0.25, 0.3) is 11.6 Å². The molecule has 0 atom stereocenters. The lowest BCUT2D eigenvalue weighted by Gasteiger charge is -2.36. The fourth-order valence-corrected chi connectivity index (χ4v) is 3.31. The standard InChI is InChI=1S/C19H19ClN4O3/c20-14-3-1-4-15(13-14)23-8-10-24(11-9-23)18(25)7-6-17-21-19(22-27-17)16-5-2-12-26-16/h1-5,12-13H,6-11H2. The van der Waals surface area contributed by atoms with Gasteiger partial charge in [-0.25, -0.2) is 0 Å². The van der Waals surface area contributed by atoms with E-state index in [2.05, 4.69) is 15.0 Å². The van der Waals surface area contributed by atoms with Crippen molar-refractivity contribution in [1.82, 2.24) is 15.0 Å². The van der Waals surface area contributed by atoms with Crippen LogP contribution < -0.4 is 4.90 Å². The van der Waals surface area contributed by atoms with Crippen molar-refractivity contribution in [2.24, 2.45) is 0 Å². The number of aromatic nitrogens is 2. The van der Waals surface area contributed by atoms with E-state index in [1.165, 1.54) is 0 Å². The highest BCUT2D eigenvalue weighted by Crippen LogP contribution is 2.21. The molecule has 0 N–H and O–H groups in total. The van der Waals surface area contributed by atoms with Crippen LogP contribution >= 0.6 is 11.6 Å². The second-order valence-electron chi connectivity index (χ2n) is 6.34. The number of halogens is 1. The molecule has 1 aliphatic rings. The summed E-state index contributed by atoms with van der Waals surface area (Å²) in [6, 6.07) is 11.3. The molecule has 0 aliphatic carbocycles. The second kappa shape index (κ2) is 7.84. The van der Waals surface area contributed by atoms with Crippen molar-refractivity contribution in [2.75, 3.05) is 31.1 Å². The molecule has 0 spiro atoms. The molecular weight excluding hydrogens is 368 g/mol. The maximum absolute atomic E-state index is 12.5. The molecule has 27 heavy (non-hydrogen) atoms. The molecule has 1 fully saturated rings. The molecule has 3 heterocycles. The topological polar surface area (TPSA) is 75.6 Å². The zero-order chi connectivity index (χ0) is 18.6. The van der Waals surface area contributed by atoms with E-state index in [0.29, 0.717) is 43.4 Å². The number of rotatable bonds is 5. The van der Waals surface area contributed by atoms with Crippen molar-refractivity contribution in [3.8, 4) is 11.6 Å². The Morgan fingerprint density at radius 3 is 2.74 bits per heavy atom. The predicted molar refractivity (Wildman–Crippen MR) is 101 cm³/mol. The SMILES string of the molecule is O=C(CCc1nc(-c2ccco2)no1)N1CCN(c2cccc(Cl)c2)CC1. The van der Waals surface area contributed by atoms with Crippen LogP contribution in [0.3, 0.4) is 0 Å². The minimum atomic E-state index is 0.0958. The lowest BCUT2D eigenvalue weighted by atomic mass is 10.2. The number of benzene rings is 1. The summed E-state index contributed by atoms with van der Waals surface area (Å²) in [5, 5.41) is 4.60. The first-order chi connectivity index (χ1) is 13.2. The van der Waals surface area contributed by atoms with E-state index in [1.54, 1.807) is 18.4 Å². The molecule has 0 bridgehead atoms. The number of furan rings is 1. The van der Waals surface area contributed by atoms with Gasteiger partial charge in [-0.2, -0.15) is 4.98 Å². The monoisotopic (exact) mass is 386 g/mol. The molecule has 1 saturated heterocycles. The molecule has 1 amide bonds. The lowest BCUT2D eigenvalue weighted by Crippen LogP contribution is -2.48. The van der Waals surface area contributed by atoms with Crippen LogP contribution in [-0.2, 0) is 11.2 Å². The quantitative estimate of drug-likeness (QED) is 0.670. The first kappa shape index (κ1) is 17.6. The molecule has 1 aromatic carbocycles. The molecule has 1 aliphatic heterocycles. The van der Waals surface area contributed by atoms with E-state index < -0.39 is 0 Å². The third-order valence-corrected chi connectivity index (χ3v) is 4.80. The van der Waals surface area contributed by atoms with Gasteiger partial charge in [-0.1, -0.05) is 22.8 Å². The van der Waals surface area contributed by atoms with Gasteiger partial charge in [0, 0.05) is 49.7 Å². The maximum atomic E-state index is 12.5. The first-order valence-corrected chi connectivity index (χ1v) is 9.21. The Kier molecular flexibility index (Phi) is 5.11. The highest BCUT2D eigenvalue weighted by atomic mass is 35.5. The van der Waals surface area contributed by atoms with Crippen LogP contribution in [0.1, 0.15) is 12.3 Å². The molecule has 3 aromatic rings. The molecule has 0 saturated carbocycles. The number of amides is 1. The van der Waals surface area contributed by atoms with Crippen molar-refractivity contribution in [3.05, 3.63) is 53.6 Å². The molecule has 7 nitrogen and oxygen atoms in total. The van der Waals surface area contributed by atoms with E-state index in [1.807, 2.05) is 29.2 Å². The number of nitrogens with zero attached hydrogens (tertiary/aromatic N) is 4. The smallest absolute Gasteiger partial charge is 0.238 e. The Labute approximate surface area is 161 Å². The van der Waals surface area contributed by atoms with Crippen LogP contribution in [-0.4, -0.2) is 47.1 Å². The van der Waals surface area contributed by atoms with Gasteiger partial charge in [0.05, 0.1) is 6.26 Å². The van der Waals surface area contributed by atoms with E-state index in [-0.39, 0.29) is 5.91 Å². The molecule has 2 aromatic heterocycles. The second-order valence-corrected chi connectivity index (χ2v) is 6.77. The summed E-state index contributed by atoms with van der Waals surface area (Å²) in [5.74, 6) is 1.48. The zero-order valence-corrected chi connectivity index (χ0v) is 15.4. The number of piperazine rings is 1. The third-order valence-electron chi connectivity index (χ3n) is 4.57. The normalized spacial score (nSPS) is 14.6. The average Bonchev–Trinajstić information content (AvgIpc) is 3.38. The summed E-state index contributed by atoms with van der Waals surface area (Å²) >= 11 is 6.06. The zero-order valence-electron chi connectivity index (χ0n) is 14.7. The van der Waals surface area contributed by atoms with Gasteiger partial charge in [-0.05, 0) is 30.3 Å². The van der Waals surface area contributed by atoms with Crippen LogP contribution in [0.4, 0.5) is 5.69 Å².